The third-order valence-electron chi connectivity index (χ3n) is 14.2. The fraction of sp³-hybridized carbons (Fsp3) is 0.172. The van der Waals surface area contributed by atoms with E-state index in [0.29, 0.717) is 0 Å². The van der Waals surface area contributed by atoms with Gasteiger partial charge in [0.05, 0.1) is 0 Å². The summed E-state index contributed by atoms with van der Waals surface area (Å²) < 4.78 is 0.0916. The van der Waals surface area contributed by atoms with Gasteiger partial charge in [-0.25, -0.2) is 0 Å². The minimum atomic E-state index is -5.22. The molecule has 2 aliphatic carbocycles. The summed E-state index contributed by atoms with van der Waals surface area (Å²) in [6.45, 7) is 9.59. The van der Waals surface area contributed by atoms with Crippen LogP contribution >= 0.6 is 17.2 Å². The van der Waals surface area contributed by atoms with Crippen LogP contribution in [0.1, 0.15) is 69.1 Å². The van der Waals surface area contributed by atoms with Crippen molar-refractivity contribution in [1.29, 1.82) is 0 Å². The van der Waals surface area contributed by atoms with Crippen molar-refractivity contribution in [2.45, 2.75) is 60.0 Å². The summed E-state index contributed by atoms with van der Waals surface area (Å²) in [7, 11) is 18.0. The molecule has 62 heavy (non-hydrogen) atoms. The van der Waals surface area contributed by atoms with E-state index in [-0.39, 0.29) is 7.35 Å². The molecule has 0 aromatic heterocycles. The zero-order chi connectivity index (χ0) is 42.6. The van der Waals surface area contributed by atoms with Crippen molar-refractivity contribution in [3.63, 3.8) is 0 Å². The molecule has 0 aliphatic heterocycles. The van der Waals surface area contributed by atoms with E-state index in [2.05, 4.69) is 209 Å². The van der Waals surface area contributed by atoms with Gasteiger partial charge in [-0.05, 0) is 0 Å². The molecule has 0 N–H and O–H groups in total. The van der Waals surface area contributed by atoms with Crippen LogP contribution in [0.4, 0.5) is 0 Å². The Balaban J connectivity index is 1.16. The number of allylic oxidation sites excluding steroid dienone is 2. The molecular weight excluding hydrogens is 974 g/mol. The van der Waals surface area contributed by atoms with Crippen LogP contribution in [0.15, 0.2) is 181 Å². The van der Waals surface area contributed by atoms with E-state index in [1.165, 1.54) is 99.5 Å². The van der Waals surface area contributed by atoms with Gasteiger partial charge in [-0.1, -0.05) is 0 Å². The fourth-order valence-corrected chi connectivity index (χ4v) is 56.0. The summed E-state index contributed by atoms with van der Waals surface area (Å²) in [4.78, 5) is 0. The van der Waals surface area contributed by atoms with Gasteiger partial charge in [-0.2, -0.15) is 0 Å². The van der Waals surface area contributed by atoms with E-state index in [4.69, 9.17) is 17.2 Å². The molecule has 0 spiro atoms. The second-order valence-electron chi connectivity index (χ2n) is 17.9. The molecule has 2 unspecified atom stereocenters. The molecule has 0 fully saturated rings. The van der Waals surface area contributed by atoms with Crippen LogP contribution in [0.3, 0.4) is 0 Å². The molecule has 2 atom stereocenters. The van der Waals surface area contributed by atoms with Crippen LogP contribution in [-0.2, 0) is 15.3 Å². The molecule has 0 bridgehead atoms. The Bertz CT molecular complexity index is 2890. The SMILES string of the molecule is CCCC1=Cc2c(-c3ccccc3-c3cccc4ccccc34)cccc2[CH]1[Hf]([Cl])([Cl])([CH]1C(CCC)=Cc2c(-c3ccccc3-c3cccc4ccccc34)cccc21)[SiH](C)C. The van der Waals surface area contributed by atoms with Crippen LogP contribution in [0.5, 0.6) is 0 Å². The Kier molecular flexibility index (Phi) is 11.0. The summed E-state index contributed by atoms with van der Waals surface area (Å²) in [6, 6.07) is 62.8. The molecule has 0 heterocycles. The zero-order valence-electron chi connectivity index (χ0n) is 36.1. The Hall–Kier alpha value is -4.57. The fourth-order valence-electron chi connectivity index (χ4n) is 11.4. The third kappa shape index (κ3) is 6.63. The van der Waals surface area contributed by atoms with E-state index in [9.17, 15) is 0 Å². The van der Waals surface area contributed by atoms with Crippen molar-refractivity contribution >= 4 is 56.8 Å². The average molecular weight is 1030 g/mol. The van der Waals surface area contributed by atoms with Gasteiger partial charge in [0.1, 0.15) is 0 Å². The molecule has 0 amide bonds. The molecule has 0 saturated carbocycles. The predicted octanol–water partition coefficient (Wildman–Crippen LogP) is 17.8. The molecule has 8 aromatic rings. The van der Waals surface area contributed by atoms with Gasteiger partial charge in [-0.3, -0.25) is 0 Å². The molecule has 0 nitrogen and oxygen atoms in total. The molecule has 307 valence electrons. The van der Waals surface area contributed by atoms with E-state index in [0.717, 1.165) is 25.7 Å². The monoisotopic (exact) mass is 1030 g/mol. The second-order valence-corrected chi connectivity index (χ2v) is 77.2. The molecule has 0 radical (unpaired) electrons. The molecule has 0 saturated heterocycles. The summed E-state index contributed by atoms with van der Waals surface area (Å²) >= 11 is -5.22. The number of fused-ring (bicyclic) bond motifs is 4. The third-order valence-corrected chi connectivity index (χ3v) is 87.0. The molecule has 8 aromatic carbocycles. The van der Waals surface area contributed by atoms with E-state index < -0.39 is 21.3 Å². The topological polar surface area (TPSA) is 0 Å². The summed E-state index contributed by atoms with van der Waals surface area (Å²) in [6.07, 6.45) is 9.14. The van der Waals surface area contributed by atoms with Crippen LogP contribution in [0, 0.1) is 0 Å². The molecule has 4 heteroatoms. The van der Waals surface area contributed by atoms with Gasteiger partial charge in [0.2, 0.25) is 0 Å². The van der Waals surface area contributed by atoms with Gasteiger partial charge in [0.25, 0.3) is 0 Å². The number of rotatable bonds is 11. The van der Waals surface area contributed by atoms with Crippen molar-refractivity contribution in [3.05, 3.63) is 203 Å². The van der Waals surface area contributed by atoms with Crippen molar-refractivity contribution in [3.8, 4) is 44.5 Å². The quantitative estimate of drug-likeness (QED) is 0.113. The summed E-state index contributed by atoms with van der Waals surface area (Å²) in [5.74, 6) is -1.75. The predicted molar refractivity (Wildman–Crippen MR) is 271 cm³/mol. The van der Waals surface area contributed by atoms with Crippen molar-refractivity contribution in [2.75, 3.05) is 0 Å². The first-order valence-electron chi connectivity index (χ1n) is 22.6. The van der Waals surface area contributed by atoms with Crippen LogP contribution in [-0.4, -0.2) is 5.98 Å². The first-order chi connectivity index (χ1) is 30.2. The Labute approximate surface area is 376 Å². The Morgan fingerprint density at radius 3 is 1.13 bits per heavy atom. The van der Waals surface area contributed by atoms with Gasteiger partial charge >= 0.3 is 380 Å². The van der Waals surface area contributed by atoms with E-state index in [1.807, 2.05) is 0 Å². The standard InChI is InChI=1S/2C28H23.C2H7Si.2ClH.Hf/c2*1-2-9-20-18-22-12-8-17-27(28(22)19-20)26-15-6-5-14-25(26)24-16-7-11-21-10-3-4-13-23(21)24;1-3-2;;;/h2*3-8,10-19H,2,9H2,1H3;3H,1-2H3;2*1H;/q;;;;;+2/p-2. The molecule has 10 rings (SSSR count). The molecule has 2 aliphatic rings. The number of hydrogen-bond donors (Lipinski definition) is 0. The van der Waals surface area contributed by atoms with Gasteiger partial charge in [0.15, 0.2) is 0 Å². The normalized spacial score (nSPS) is 16.5. The maximum atomic E-state index is 9.01. The van der Waals surface area contributed by atoms with Crippen LogP contribution in [0.2, 0.25) is 13.1 Å². The van der Waals surface area contributed by atoms with Crippen molar-refractivity contribution < 1.29 is 15.3 Å². The molecular formula is C58H53Cl2HfSi. The van der Waals surface area contributed by atoms with Crippen molar-refractivity contribution in [2.24, 2.45) is 0 Å². The summed E-state index contributed by atoms with van der Waals surface area (Å²) in [5, 5.41) is 5.05. The zero-order valence-corrected chi connectivity index (χ0v) is 42.4. The van der Waals surface area contributed by atoms with Crippen molar-refractivity contribution in [1.82, 2.24) is 0 Å². The van der Waals surface area contributed by atoms with Gasteiger partial charge in [-0.15, -0.1) is 0 Å². The van der Waals surface area contributed by atoms with Crippen LogP contribution in [0.25, 0.3) is 78.2 Å². The second kappa shape index (κ2) is 16.5. The Morgan fingerprint density at radius 1 is 0.403 bits per heavy atom. The van der Waals surface area contributed by atoms with E-state index in [1.54, 1.807) is 0 Å². The average Bonchev–Trinajstić information content (AvgIpc) is 3.88. The number of benzene rings is 8. The first-order valence-corrected chi connectivity index (χ1v) is 44.8. The van der Waals surface area contributed by atoms with E-state index >= 15 is 0 Å². The number of hydrogen-bond acceptors (Lipinski definition) is 0. The minimum absolute atomic E-state index is 0.0458. The first kappa shape index (κ1) is 41.4. The van der Waals surface area contributed by atoms with Gasteiger partial charge < -0.3 is 0 Å². The Morgan fingerprint density at radius 2 is 0.726 bits per heavy atom. The van der Waals surface area contributed by atoms with Crippen LogP contribution < -0.4 is 0 Å². The summed E-state index contributed by atoms with van der Waals surface area (Å²) in [5.41, 5.74) is 18.3. The van der Waals surface area contributed by atoms with Gasteiger partial charge in [0, 0.05) is 0 Å². The maximum absolute atomic E-state index is 9.01. The number of halogens is 2.